The van der Waals surface area contributed by atoms with Crippen LogP contribution in [0.3, 0.4) is 0 Å². The molecule has 0 unspecified atom stereocenters. The van der Waals surface area contributed by atoms with Crippen molar-refractivity contribution in [2.75, 3.05) is 25.1 Å². The van der Waals surface area contributed by atoms with Gasteiger partial charge in [0.05, 0.1) is 11.8 Å². The lowest BCUT2D eigenvalue weighted by Gasteiger charge is -2.20. The molecule has 0 fully saturated rings. The van der Waals surface area contributed by atoms with Crippen LogP contribution in [0.5, 0.6) is 5.75 Å². The van der Waals surface area contributed by atoms with Crippen molar-refractivity contribution < 1.29 is 17.4 Å². The monoisotopic (exact) mass is 286 g/mol. The van der Waals surface area contributed by atoms with Gasteiger partial charge in [-0.1, -0.05) is 0 Å². The first-order chi connectivity index (χ1) is 8.78. The Balaban J connectivity index is 3.23. The van der Waals surface area contributed by atoms with Gasteiger partial charge in [-0.3, -0.25) is 4.79 Å². The number of anilines is 1. The number of carbonyl (C=O) groups excluding carboxylic acids is 1. The molecule has 1 rings (SSSR count). The average Bonchev–Trinajstić information content (AvgIpc) is 2.28. The van der Waals surface area contributed by atoms with Crippen LogP contribution in [0.4, 0.5) is 5.69 Å². The molecule has 1 aromatic carbocycles. The second-order valence-electron chi connectivity index (χ2n) is 4.02. The summed E-state index contributed by atoms with van der Waals surface area (Å²) in [6, 6.07) is 4.33. The molecule has 2 N–H and O–H groups in total. The van der Waals surface area contributed by atoms with Crippen molar-refractivity contribution in [2.45, 2.75) is 13.8 Å². The Bertz CT molecular complexity index is 565. The summed E-state index contributed by atoms with van der Waals surface area (Å²) >= 11 is 0. The zero-order chi connectivity index (χ0) is 14.6. The summed E-state index contributed by atoms with van der Waals surface area (Å²) in [5.41, 5.74) is 6.10. The first-order valence-electron chi connectivity index (χ1n) is 5.86. The van der Waals surface area contributed by atoms with Crippen LogP contribution in [0.15, 0.2) is 18.2 Å². The van der Waals surface area contributed by atoms with Gasteiger partial charge in [0, 0.05) is 24.8 Å². The molecular formula is C12H18N2O4S. The van der Waals surface area contributed by atoms with E-state index in [4.69, 9.17) is 9.92 Å². The number of rotatable bonds is 5. The van der Waals surface area contributed by atoms with E-state index in [9.17, 15) is 13.2 Å². The van der Waals surface area contributed by atoms with Gasteiger partial charge >= 0.3 is 10.1 Å². The fraction of sp³-hybridized carbons (Fsp3) is 0.417. The molecule has 106 valence electrons. The third-order valence-electron chi connectivity index (χ3n) is 2.53. The summed E-state index contributed by atoms with van der Waals surface area (Å²) in [6.07, 6.45) is 0.919. The molecule has 0 aliphatic heterocycles. The fourth-order valence-corrected chi connectivity index (χ4v) is 2.09. The van der Waals surface area contributed by atoms with Gasteiger partial charge < -0.3 is 14.8 Å². The van der Waals surface area contributed by atoms with Crippen molar-refractivity contribution in [3.05, 3.63) is 23.8 Å². The summed E-state index contributed by atoms with van der Waals surface area (Å²) in [4.78, 5) is 13.8. The summed E-state index contributed by atoms with van der Waals surface area (Å²) in [5, 5.41) is 0. The Kier molecular flexibility index (Phi) is 4.77. The van der Waals surface area contributed by atoms with Crippen LogP contribution in [0.1, 0.15) is 24.2 Å². The number of nitrogens with two attached hydrogens (primary N) is 1. The molecule has 1 amide bonds. The molecule has 0 spiro atoms. The van der Waals surface area contributed by atoms with Gasteiger partial charge in [-0.05, 0) is 26.0 Å². The van der Waals surface area contributed by atoms with Crippen molar-refractivity contribution in [2.24, 2.45) is 0 Å². The standard InChI is InChI=1S/C12H18N2O4S/c1-4-14(5-2)12(15)10-7-6-9(13)8-11(10)18-19(3,16)17/h6-8H,4-5,13H2,1-3H3. The third-order valence-corrected chi connectivity index (χ3v) is 3.01. The number of carbonyl (C=O) groups is 1. The van der Waals surface area contributed by atoms with Crippen LogP contribution in [0, 0.1) is 0 Å². The molecular weight excluding hydrogens is 268 g/mol. The molecule has 0 aromatic heterocycles. The predicted octanol–water partition coefficient (Wildman–Crippen LogP) is 1.09. The first kappa shape index (κ1) is 15.3. The fourth-order valence-electron chi connectivity index (χ4n) is 1.63. The minimum absolute atomic E-state index is 0.0422. The maximum Gasteiger partial charge on any atom is 0.306 e. The Morgan fingerprint density at radius 3 is 2.37 bits per heavy atom. The Hall–Kier alpha value is -1.76. The highest BCUT2D eigenvalue weighted by atomic mass is 32.2. The molecule has 7 heteroatoms. The second kappa shape index (κ2) is 5.92. The Morgan fingerprint density at radius 2 is 1.89 bits per heavy atom. The van der Waals surface area contributed by atoms with Crippen LogP contribution in [-0.2, 0) is 10.1 Å². The van der Waals surface area contributed by atoms with Crippen LogP contribution >= 0.6 is 0 Å². The van der Waals surface area contributed by atoms with Crippen molar-refractivity contribution in [1.29, 1.82) is 0 Å². The van der Waals surface area contributed by atoms with Crippen molar-refractivity contribution >= 4 is 21.7 Å². The van der Waals surface area contributed by atoms with E-state index in [2.05, 4.69) is 0 Å². The van der Waals surface area contributed by atoms with E-state index in [0.29, 0.717) is 18.8 Å². The van der Waals surface area contributed by atoms with Gasteiger partial charge in [0.1, 0.15) is 0 Å². The van der Waals surface area contributed by atoms with Gasteiger partial charge in [-0.15, -0.1) is 0 Å². The van der Waals surface area contributed by atoms with E-state index in [1.807, 2.05) is 13.8 Å². The van der Waals surface area contributed by atoms with Gasteiger partial charge in [-0.25, -0.2) is 0 Å². The largest absolute Gasteiger partial charge is 0.399 e. The minimum Gasteiger partial charge on any atom is -0.399 e. The smallest absolute Gasteiger partial charge is 0.306 e. The highest BCUT2D eigenvalue weighted by molar-refractivity contribution is 7.86. The highest BCUT2D eigenvalue weighted by Crippen LogP contribution is 2.24. The van der Waals surface area contributed by atoms with E-state index in [-0.39, 0.29) is 17.2 Å². The number of hydrogen-bond donors (Lipinski definition) is 1. The number of hydrogen-bond acceptors (Lipinski definition) is 5. The Morgan fingerprint density at radius 1 is 1.32 bits per heavy atom. The minimum atomic E-state index is -3.72. The summed E-state index contributed by atoms with van der Waals surface area (Å²) < 4.78 is 27.2. The molecule has 0 heterocycles. The normalized spacial score (nSPS) is 11.1. The number of nitrogens with zero attached hydrogens (tertiary/aromatic N) is 1. The molecule has 0 saturated carbocycles. The lowest BCUT2D eigenvalue weighted by Crippen LogP contribution is -2.31. The van der Waals surface area contributed by atoms with Gasteiger partial charge in [0.15, 0.2) is 5.75 Å². The molecule has 0 aliphatic rings. The second-order valence-corrected chi connectivity index (χ2v) is 5.60. The molecule has 1 aromatic rings. The lowest BCUT2D eigenvalue weighted by molar-refractivity contribution is 0.0771. The molecule has 6 nitrogen and oxygen atoms in total. The van der Waals surface area contributed by atoms with Crippen molar-refractivity contribution in [3.63, 3.8) is 0 Å². The van der Waals surface area contributed by atoms with Crippen molar-refractivity contribution in [1.82, 2.24) is 4.90 Å². The lowest BCUT2D eigenvalue weighted by atomic mass is 10.1. The van der Waals surface area contributed by atoms with Crippen molar-refractivity contribution in [3.8, 4) is 5.75 Å². The molecule has 0 aliphatic carbocycles. The quantitative estimate of drug-likeness (QED) is 0.646. The Labute approximate surface area is 113 Å². The third kappa shape index (κ3) is 4.13. The van der Waals surface area contributed by atoms with Crippen LogP contribution < -0.4 is 9.92 Å². The molecule has 0 bridgehead atoms. The van der Waals surface area contributed by atoms with Crippen LogP contribution in [0.25, 0.3) is 0 Å². The van der Waals surface area contributed by atoms with E-state index < -0.39 is 10.1 Å². The zero-order valence-corrected chi connectivity index (χ0v) is 12.0. The van der Waals surface area contributed by atoms with Gasteiger partial charge in [-0.2, -0.15) is 8.42 Å². The molecule has 0 atom stereocenters. The van der Waals surface area contributed by atoms with Crippen LogP contribution in [-0.4, -0.2) is 38.6 Å². The van der Waals surface area contributed by atoms with E-state index in [1.165, 1.54) is 18.2 Å². The SMILES string of the molecule is CCN(CC)C(=O)c1ccc(N)cc1OS(C)(=O)=O. The maximum absolute atomic E-state index is 12.2. The van der Waals surface area contributed by atoms with Gasteiger partial charge in [0.25, 0.3) is 5.91 Å². The molecule has 19 heavy (non-hydrogen) atoms. The summed E-state index contributed by atoms with van der Waals surface area (Å²) in [5.74, 6) is -0.331. The summed E-state index contributed by atoms with van der Waals surface area (Å²) in [6.45, 7) is 4.74. The topological polar surface area (TPSA) is 89.7 Å². The number of benzene rings is 1. The maximum atomic E-state index is 12.2. The van der Waals surface area contributed by atoms with E-state index in [1.54, 1.807) is 4.90 Å². The molecule has 0 radical (unpaired) electrons. The molecule has 0 saturated heterocycles. The average molecular weight is 286 g/mol. The van der Waals surface area contributed by atoms with Gasteiger partial charge in [0.2, 0.25) is 0 Å². The van der Waals surface area contributed by atoms with Crippen LogP contribution in [0.2, 0.25) is 0 Å². The number of nitrogen functional groups attached to an aromatic ring is 1. The number of amides is 1. The first-order valence-corrected chi connectivity index (χ1v) is 7.68. The predicted molar refractivity (Wildman–Crippen MR) is 73.6 cm³/mol. The highest BCUT2D eigenvalue weighted by Gasteiger charge is 2.20. The van der Waals surface area contributed by atoms with E-state index in [0.717, 1.165) is 6.26 Å². The summed E-state index contributed by atoms with van der Waals surface area (Å²) in [7, 11) is -3.72. The van der Waals surface area contributed by atoms with E-state index >= 15 is 0 Å². The zero-order valence-electron chi connectivity index (χ0n) is 11.2.